The first-order valence-corrected chi connectivity index (χ1v) is 5.15. The summed E-state index contributed by atoms with van der Waals surface area (Å²) in [5.41, 5.74) is 1.40. The average molecular weight is 179 g/mol. The maximum Gasteiger partial charge on any atom is 0.0526 e. The van der Waals surface area contributed by atoms with Gasteiger partial charge in [-0.1, -0.05) is 0 Å². The predicted octanol–water partition coefficient (Wildman–Crippen LogP) is 2.94. The lowest BCUT2D eigenvalue weighted by molar-refractivity contribution is 0.304. The Bertz CT molecular complexity index is 299. The zero-order valence-electron chi connectivity index (χ0n) is 7.45. The first-order chi connectivity index (χ1) is 5.77. The summed E-state index contributed by atoms with van der Waals surface area (Å²) < 4.78 is 0. The van der Waals surface area contributed by atoms with Crippen LogP contribution >= 0.6 is 11.3 Å². The zero-order valence-corrected chi connectivity index (χ0v) is 8.27. The minimum Gasteiger partial charge on any atom is -0.370 e. The molecule has 0 fully saturated rings. The maximum atomic E-state index is 2.36. The predicted molar refractivity (Wildman–Crippen MR) is 54.0 cm³/mol. The number of hydrogen-bond acceptors (Lipinski definition) is 2. The number of nitrogens with zero attached hydrogens (tertiary/aromatic N) is 1. The summed E-state index contributed by atoms with van der Waals surface area (Å²) in [7, 11) is 0. The fraction of sp³-hybridized carbons (Fsp3) is 0.400. The summed E-state index contributed by atoms with van der Waals surface area (Å²) in [6.07, 6.45) is 4.40. The molecule has 1 nitrogen and oxygen atoms in total. The Labute approximate surface area is 77.3 Å². The van der Waals surface area contributed by atoms with Crippen molar-refractivity contribution in [2.24, 2.45) is 0 Å². The van der Waals surface area contributed by atoms with Gasteiger partial charge in [-0.15, -0.1) is 11.3 Å². The van der Waals surface area contributed by atoms with E-state index >= 15 is 0 Å². The summed E-state index contributed by atoms with van der Waals surface area (Å²) in [5.74, 6) is 0. The lowest BCUT2D eigenvalue weighted by Gasteiger charge is -2.27. The monoisotopic (exact) mass is 179 g/mol. The molecule has 2 heteroatoms. The minimum atomic E-state index is 0.608. The van der Waals surface area contributed by atoms with E-state index in [0.29, 0.717) is 6.04 Å². The van der Waals surface area contributed by atoms with Crippen LogP contribution in [-0.4, -0.2) is 10.9 Å². The Morgan fingerprint density at radius 2 is 2.33 bits per heavy atom. The van der Waals surface area contributed by atoms with Gasteiger partial charge in [0.25, 0.3) is 0 Å². The normalized spacial score (nSPS) is 15.4. The fourth-order valence-electron chi connectivity index (χ4n) is 1.38. The Balaban J connectivity index is 2.24. The van der Waals surface area contributed by atoms with Crippen LogP contribution in [0.5, 0.6) is 0 Å². The quantitative estimate of drug-likeness (QED) is 0.640. The van der Waals surface area contributed by atoms with Crippen LogP contribution in [0.15, 0.2) is 17.6 Å². The highest BCUT2D eigenvalue weighted by Gasteiger charge is 2.12. The molecule has 2 heterocycles. The molecule has 0 saturated carbocycles. The summed E-state index contributed by atoms with van der Waals surface area (Å²) in [5, 5.41) is 2.17. The van der Waals surface area contributed by atoms with E-state index in [1.165, 1.54) is 10.4 Å². The summed E-state index contributed by atoms with van der Waals surface area (Å²) >= 11 is 1.85. The number of fused-ring (bicyclic) bond motifs is 1. The van der Waals surface area contributed by atoms with E-state index in [9.17, 15) is 0 Å². The molecule has 0 saturated heterocycles. The maximum absolute atomic E-state index is 2.36. The van der Waals surface area contributed by atoms with E-state index in [0.717, 1.165) is 6.54 Å². The highest BCUT2D eigenvalue weighted by atomic mass is 32.1. The molecule has 0 aromatic carbocycles. The lowest BCUT2D eigenvalue weighted by atomic mass is 10.2. The Kier molecular flexibility index (Phi) is 1.93. The van der Waals surface area contributed by atoms with Gasteiger partial charge in [0, 0.05) is 17.1 Å². The molecule has 0 spiro atoms. The standard InChI is InChI=1S/C10H13NS/c1-8(2)11-5-3-9-4-6-12-10(9)7-11/h3-6,8H,7H2,1-2H3. The smallest absolute Gasteiger partial charge is 0.0526 e. The molecule has 64 valence electrons. The van der Waals surface area contributed by atoms with Crippen molar-refractivity contribution < 1.29 is 0 Å². The van der Waals surface area contributed by atoms with Crippen LogP contribution in [0.3, 0.4) is 0 Å². The second-order valence-corrected chi connectivity index (χ2v) is 4.38. The van der Waals surface area contributed by atoms with Crippen LogP contribution in [0.4, 0.5) is 0 Å². The molecule has 0 atom stereocenters. The van der Waals surface area contributed by atoms with Gasteiger partial charge in [0.1, 0.15) is 0 Å². The van der Waals surface area contributed by atoms with Crippen LogP contribution in [0.25, 0.3) is 6.08 Å². The van der Waals surface area contributed by atoms with Crippen molar-refractivity contribution in [3.63, 3.8) is 0 Å². The molecular weight excluding hydrogens is 166 g/mol. The average Bonchev–Trinajstić information content (AvgIpc) is 2.49. The van der Waals surface area contributed by atoms with Gasteiger partial charge in [0.15, 0.2) is 0 Å². The van der Waals surface area contributed by atoms with Gasteiger partial charge in [-0.25, -0.2) is 0 Å². The van der Waals surface area contributed by atoms with E-state index in [1.807, 2.05) is 11.3 Å². The topological polar surface area (TPSA) is 3.24 Å². The molecule has 0 N–H and O–H groups in total. The molecular formula is C10H13NS. The second-order valence-electron chi connectivity index (χ2n) is 3.38. The summed E-state index contributed by atoms with van der Waals surface area (Å²) in [4.78, 5) is 3.85. The van der Waals surface area contributed by atoms with E-state index in [1.54, 1.807) is 0 Å². The molecule has 1 aromatic rings. The third-order valence-electron chi connectivity index (χ3n) is 2.21. The van der Waals surface area contributed by atoms with Gasteiger partial charge < -0.3 is 4.90 Å². The van der Waals surface area contributed by atoms with Gasteiger partial charge in [0.2, 0.25) is 0 Å². The van der Waals surface area contributed by atoms with Crippen molar-refractivity contribution in [3.8, 4) is 0 Å². The third kappa shape index (κ3) is 1.27. The van der Waals surface area contributed by atoms with Crippen LogP contribution in [0.2, 0.25) is 0 Å². The van der Waals surface area contributed by atoms with E-state index < -0.39 is 0 Å². The lowest BCUT2D eigenvalue weighted by Crippen LogP contribution is -2.26. The molecule has 1 aliphatic rings. The molecule has 1 aromatic heterocycles. The summed E-state index contributed by atoms with van der Waals surface area (Å²) in [6.45, 7) is 5.53. The minimum absolute atomic E-state index is 0.608. The van der Waals surface area contributed by atoms with Gasteiger partial charge in [-0.2, -0.15) is 0 Å². The number of rotatable bonds is 1. The molecule has 12 heavy (non-hydrogen) atoms. The second kappa shape index (κ2) is 2.94. The molecule has 0 amide bonds. The highest BCUT2D eigenvalue weighted by Crippen LogP contribution is 2.25. The largest absolute Gasteiger partial charge is 0.370 e. The first kappa shape index (κ1) is 7.87. The van der Waals surface area contributed by atoms with Crippen molar-refractivity contribution in [3.05, 3.63) is 28.1 Å². The third-order valence-corrected chi connectivity index (χ3v) is 3.14. The molecule has 0 radical (unpaired) electrons. The van der Waals surface area contributed by atoms with Crippen LogP contribution in [0.1, 0.15) is 24.3 Å². The Hall–Kier alpha value is -0.760. The number of hydrogen-bond donors (Lipinski definition) is 0. The van der Waals surface area contributed by atoms with E-state index in [-0.39, 0.29) is 0 Å². The first-order valence-electron chi connectivity index (χ1n) is 4.27. The fourth-order valence-corrected chi connectivity index (χ4v) is 2.25. The molecule has 1 aliphatic heterocycles. The summed E-state index contributed by atoms with van der Waals surface area (Å²) in [6, 6.07) is 2.80. The highest BCUT2D eigenvalue weighted by molar-refractivity contribution is 7.10. The van der Waals surface area contributed by atoms with Gasteiger partial charge in [-0.05, 0) is 36.9 Å². The van der Waals surface area contributed by atoms with Crippen molar-refractivity contribution >= 4 is 17.4 Å². The van der Waals surface area contributed by atoms with Crippen LogP contribution < -0.4 is 0 Å². The van der Waals surface area contributed by atoms with E-state index in [2.05, 4.69) is 42.5 Å². The Morgan fingerprint density at radius 3 is 3.08 bits per heavy atom. The molecule has 0 unspecified atom stereocenters. The van der Waals surface area contributed by atoms with Gasteiger partial charge >= 0.3 is 0 Å². The van der Waals surface area contributed by atoms with Crippen LogP contribution in [-0.2, 0) is 6.54 Å². The molecule has 0 bridgehead atoms. The van der Waals surface area contributed by atoms with Crippen molar-refractivity contribution in [1.82, 2.24) is 4.90 Å². The van der Waals surface area contributed by atoms with Crippen molar-refractivity contribution in [1.29, 1.82) is 0 Å². The van der Waals surface area contributed by atoms with Crippen LogP contribution in [0, 0.1) is 0 Å². The van der Waals surface area contributed by atoms with Crippen molar-refractivity contribution in [2.75, 3.05) is 0 Å². The van der Waals surface area contributed by atoms with Crippen molar-refractivity contribution in [2.45, 2.75) is 26.4 Å². The zero-order chi connectivity index (χ0) is 8.55. The SMILES string of the molecule is CC(C)N1C=Cc2ccsc2C1. The molecule has 0 aliphatic carbocycles. The number of thiophene rings is 1. The van der Waals surface area contributed by atoms with Gasteiger partial charge in [0.05, 0.1) is 6.54 Å². The van der Waals surface area contributed by atoms with E-state index in [4.69, 9.17) is 0 Å². The Morgan fingerprint density at radius 1 is 1.50 bits per heavy atom. The van der Waals surface area contributed by atoms with Gasteiger partial charge in [-0.3, -0.25) is 0 Å². The molecule has 2 rings (SSSR count).